The fourth-order valence-corrected chi connectivity index (χ4v) is 0.991. The van der Waals surface area contributed by atoms with Gasteiger partial charge in [-0.05, 0) is 41.0 Å². The van der Waals surface area contributed by atoms with Crippen LogP contribution in [-0.2, 0) is 4.74 Å². The molecular weight excluding hydrogens is 162 g/mol. The number of rotatable bonds is 5. The summed E-state index contributed by atoms with van der Waals surface area (Å²) in [6.45, 7) is 13.8. The maximum atomic E-state index is 5.73. The van der Waals surface area contributed by atoms with Crippen LogP contribution in [0, 0.1) is 0 Å². The lowest BCUT2D eigenvalue weighted by Gasteiger charge is -2.25. The number of nitrogens with one attached hydrogen (secondary N) is 1. The molecule has 0 saturated carbocycles. The molecule has 2 heteroatoms. The Hall–Kier alpha value is -0.0800. The second-order valence-electron chi connectivity index (χ2n) is 4.80. The van der Waals surface area contributed by atoms with Crippen molar-refractivity contribution in [2.75, 3.05) is 6.54 Å². The topological polar surface area (TPSA) is 21.3 Å². The molecule has 0 fully saturated rings. The van der Waals surface area contributed by atoms with Crippen LogP contribution in [-0.4, -0.2) is 24.3 Å². The highest BCUT2D eigenvalue weighted by molar-refractivity contribution is 4.72. The van der Waals surface area contributed by atoms with Crippen LogP contribution in [0.1, 0.15) is 48.0 Å². The molecule has 0 bridgehead atoms. The molecule has 0 aromatic carbocycles. The Morgan fingerprint density at radius 2 is 1.69 bits per heavy atom. The van der Waals surface area contributed by atoms with Crippen molar-refractivity contribution in [3.05, 3.63) is 0 Å². The van der Waals surface area contributed by atoms with Crippen molar-refractivity contribution < 1.29 is 4.74 Å². The Bertz CT molecular complexity index is 129. The quantitative estimate of drug-likeness (QED) is 0.714. The minimum Gasteiger partial charge on any atom is -0.374 e. The molecule has 0 amide bonds. The van der Waals surface area contributed by atoms with Gasteiger partial charge < -0.3 is 10.1 Å². The van der Waals surface area contributed by atoms with Crippen LogP contribution in [0.25, 0.3) is 0 Å². The first-order chi connectivity index (χ1) is 5.85. The third kappa shape index (κ3) is 8.26. The first-order valence-electron chi connectivity index (χ1n) is 5.25. The van der Waals surface area contributed by atoms with Crippen molar-refractivity contribution >= 4 is 0 Å². The molecule has 0 radical (unpaired) electrons. The van der Waals surface area contributed by atoms with Gasteiger partial charge in [0.2, 0.25) is 0 Å². The number of ether oxygens (including phenoxy) is 1. The van der Waals surface area contributed by atoms with Gasteiger partial charge in [0.1, 0.15) is 0 Å². The van der Waals surface area contributed by atoms with Gasteiger partial charge in [0.25, 0.3) is 0 Å². The van der Waals surface area contributed by atoms with Crippen LogP contribution in [0.5, 0.6) is 0 Å². The monoisotopic (exact) mass is 187 g/mol. The van der Waals surface area contributed by atoms with E-state index in [2.05, 4.69) is 46.9 Å². The Balaban J connectivity index is 3.57. The standard InChI is InChI=1S/C11H25NO/c1-7-9(2)13-10(3)8-12-11(4,5)6/h9-10,12H,7-8H2,1-6H3. The van der Waals surface area contributed by atoms with E-state index in [9.17, 15) is 0 Å². The van der Waals surface area contributed by atoms with Crippen molar-refractivity contribution in [1.82, 2.24) is 5.32 Å². The van der Waals surface area contributed by atoms with Gasteiger partial charge in [-0.15, -0.1) is 0 Å². The molecule has 0 spiro atoms. The van der Waals surface area contributed by atoms with Crippen molar-refractivity contribution in [1.29, 1.82) is 0 Å². The van der Waals surface area contributed by atoms with Gasteiger partial charge in [-0.2, -0.15) is 0 Å². The van der Waals surface area contributed by atoms with Gasteiger partial charge in [-0.1, -0.05) is 6.92 Å². The summed E-state index contributed by atoms with van der Waals surface area (Å²) in [7, 11) is 0. The predicted molar refractivity (Wildman–Crippen MR) is 58.1 cm³/mol. The van der Waals surface area contributed by atoms with E-state index in [1.807, 2.05) is 0 Å². The summed E-state index contributed by atoms with van der Waals surface area (Å²) < 4.78 is 5.73. The number of hydrogen-bond donors (Lipinski definition) is 1. The average Bonchev–Trinajstić information content (AvgIpc) is 1.99. The van der Waals surface area contributed by atoms with Crippen LogP contribution in [0.3, 0.4) is 0 Å². The highest BCUT2D eigenvalue weighted by Gasteiger charge is 2.12. The van der Waals surface area contributed by atoms with E-state index < -0.39 is 0 Å². The van der Waals surface area contributed by atoms with Crippen LogP contribution in [0.4, 0.5) is 0 Å². The molecule has 0 aliphatic rings. The molecule has 2 nitrogen and oxygen atoms in total. The molecule has 2 atom stereocenters. The Morgan fingerprint density at radius 1 is 1.15 bits per heavy atom. The summed E-state index contributed by atoms with van der Waals surface area (Å²) >= 11 is 0. The maximum absolute atomic E-state index is 5.73. The maximum Gasteiger partial charge on any atom is 0.0675 e. The molecular formula is C11H25NO. The molecule has 2 unspecified atom stereocenters. The van der Waals surface area contributed by atoms with Crippen molar-refractivity contribution in [3.8, 4) is 0 Å². The van der Waals surface area contributed by atoms with Crippen molar-refractivity contribution in [2.24, 2.45) is 0 Å². The molecule has 0 aliphatic heterocycles. The molecule has 80 valence electrons. The Kier molecular flexibility index (Phi) is 5.57. The zero-order valence-corrected chi connectivity index (χ0v) is 9.98. The number of hydrogen-bond acceptors (Lipinski definition) is 2. The summed E-state index contributed by atoms with van der Waals surface area (Å²) in [6, 6.07) is 0. The van der Waals surface area contributed by atoms with E-state index in [0.29, 0.717) is 12.2 Å². The van der Waals surface area contributed by atoms with Gasteiger partial charge in [-0.25, -0.2) is 0 Å². The first-order valence-corrected chi connectivity index (χ1v) is 5.25. The molecule has 1 N–H and O–H groups in total. The largest absolute Gasteiger partial charge is 0.374 e. The van der Waals surface area contributed by atoms with Gasteiger partial charge >= 0.3 is 0 Å². The second kappa shape index (κ2) is 5.61. The Labute approximate surface area is 83.1 Å². The lowest BCUT2D eigenvalue weighted by Crippen LogP contribution is -2.41. The van der Waals surface area contributed by atoms with Crippen LogP contribution in [0.15, 0.2) is 0 Å². The van der Waals surface area contributed by atoms with Crippen molar-refractivity contribution in [2.45, 2.75) is 65.7 Å². The molecule has 13 heavy (non-hydrogen) atoms. The zero-order chi connectivity index (χ0) is 10.5. The van der Waals surface area contributed by atoms with Crippen molar-refractivity contribution in [3.63, 3.8) is 0 Å². The van der Waals surface area contributed by atoms with E-state index in [1.54, 1.807) is 0 Å². The van der Waals surface area contributed by atoms with Crippen LogP contribution < -0.4 is 5.32 Å². The first kappa shape index (κ1) is 12.9. The molecule has 0 aromatic rings. The average molecular weight is 187 g/mol. The summed E-state index contributed by atoms with van der Waals surface area (Å²) in [5.74, 6) is 0. The zero-order valence-electron chi connectivity index (χ0n) is 9.98. The molecule has 0 saturated heterocycles. The highest BCUT2D eigenvalue weighted by Crippen LogP contribution is 2.03. The van der Waals surface area contributed by atoms with Gasteiger partial charge in [0.05, 0.1) is 12.2 Å². The van der Waals surface area contributed by atoms with E-state index >= 15 is 0 Å². The van der Waals surface area contributed by atoms with E-state index in [4.69, 9.17) is 4.74 Å². The lowest BCUT2D eigenvalue weighted by atomic mass is 10.1. The third-order valence-corrected chi connectivity index (χ3v) is 1.96. The van der Waals surface area contributed by atoms with Gasteiger partial charge in [-0.3, -0.25) is 0 Å². The van der Waals surface area contributed by atoms with Gasteiger partial charge in [0.15, 0.2) is 0 Å². The third-order valence-electron chi connectivity index (χ3n) is 1.96. The van der Waals surface area contributed by atoms with Gasteiger partial charge in [0, 0.05) is 12.1 Å². The summed E-state index contributed by atoms with van der Waals surface area (Å²) in [5, 5.41) is 3.43. The molecule has 0 aromatic heterocycles. The van der Waals surface area contributed by atoms with Crippen LogP contribution >= 0.6 is 0 Å². The smallest absolute Gasteiger partial charge is 0.0675 e. The summed E-state index contributed by atoms with van der Waals surface area (Å²) in [4.78, 5) is 0. The van der Waals surface area contributed by atoms with E-state index in [0.717, 1.165) is 13.0 Å². The molecule has 0 aliphatic carbocycles. The SMILES string of the molecule is CCC(C)OC(C)CNC(C)(C)C. The van der Waals surface area contributed by atoms with Crippen LogP contribution in [0.2, 0.25) is 0 Å². The highest BCUT2D eigenvalue weighted by atomic mass is 16.5. The van der Waals surface area contributed by atoms with E-state index in [-0.39, 0.29) is 5.54 Å². The Morgan fingerprint density at radius 3 is 2.08 bits per heavy atom. The lowest BCUT2D eigenvalue weighted by molar-refractivity contribution is 0.00470. The summed E-state index contributed by atoms with van der Waals surface area (Å²) in [5.41, 5.74) is 0.188. The predicted octanol–water partition coefficient (Wildman–Crippen LogP) is 2.58. The fourth-order valence-electron chi connectivity index (χ4n) is 0.991. The molecule has 0 rings (SSSR count). The molecule has 0 heterocycles. The second-order valence-corrected chi connectivity index (χ2v) is 4.80. The minimum atomic E-state index is 0.188. The fraction of sp³-hybridized carbons (Fsp3) is 1.00. The summed E-state index contributed by atoms with van der Waals surface area (Å²) in [6.07, 6.45) is 1.76. The normalized spacial score (nSPS) is 17.1. The van der Waals surface area contributed by atoms with E-state index in [1.165, 1.54) is 0 Å². The minimum absolute atomic E-state index is 0.188.